The summed E-state index contributed by atoms with van der Waals surface area (Å²) in [5.41, 5.74) is 7.23. The smallest absolute Gasteiger partial charge is 0.0753 e. The maximum absolute atomic E-state index is 6.24. The van der Waals surface area contributed by atoms with Gasteiger partial charge in [0.05, 0.1) is 12.2 Å². The molecule has 1 aromatic rings. The van der Waals surface area contributed by atoms with Crippen LogP contribution in [-0.4, -0.2) is 36.7 Å². The largest absolute Gasteiger partial charge is 0.373 e. The third-order valence-electron chi connectivity index (χ3n) is 3.57. The van der Waals surface area contributed by atoms with Crippen molar-refractivity contribution in [2.75, 3.05) is 26.2 Å². The number of benzene rings is 1. The highest BCUT2D eigenvalue weighted by atomic mass is 35.5. The molecule has 1 unspecified atom stereocenters. The summed E-state index contributed by atoms with van der Waals surface area (Å²) in [6.07, 6.45) is 0.916. The summed E-state index contributed by atoms with van der Waals surface area (Å²) in [7, 11) is 0. The predicted octanol–water partition coefficient (Wildman–Crippen LogP) is 2.84. The Morgan fingerprint density at radius 3 is 2.84 bits per heavy atom. The minimum absolute atomic E-state index is 0.000317. The molecule has 2 N–H and O–H groups in total. The van der Waals surface area contributed by atoms with Crippen molar-refractivity contribution in [1.29, 1.82) is 0 Å². The Kier molecular flexibility index (Phi) is 4.85. The summed E-state index contributed by atoms with van der Waals surface area (Å²) in [5, 5.41) is 0.761. The minimum atomic E-state index is -0.0489. The highest BCUT2D eigenvalue weighted by Gasteiger charge is 2.27. The van der Waals surface area contributed by atoms with Gasteiger partial charge in [0, 0.05) is 30.7 Å². The van der Waals surface area contributed by atoms with Crippen molar-refractivity contribution in [3.05, 3.63) is 34.9 Å². The van der Waals surface area contributed by atoms with E-state index in [9.17, 15) is 0 Å². The zero-order valence-corrected chi connectivity index (χ0v) is 12.5. The molecular weight excluding hydrogens is 260 g/mol. The number of hydrogen-bond donors (Lipinski definition) is 1. The van der Waals surface area contributed by atoms with Gasteiger partial charge in [0.2, 0.25) is 0 Å². The van der Waals surface area contributed by atoms with Crippen LogP contribution >= 0.6 is 11.6 Å². The van der Waals surface area contributed by atoms with Crippen molar-refractivity contribution in [3.63, 3.8) is 0 Å². The van der Waals surface area contributed by atoms with Gasteiger partial charge in [0.15, 0.2) is 0 Å². The summed E-state index contributed by atoms with van der Waals surface area (Å²) in [6, 6.07) is 7.83. The summed E-state index contributed by atoms with van der Waals surface area (Å²) in [5.74, 6) is 0. The molecule has 106 valence electrons. The van der Waals surface area contributed by atoms with Crippen molar-refractivity contribution in [1.82, 2.24) is 4.90 Å². The van der Waals surface area contributed by atoms with E-state index < -0.39 is 0 Å². The van der Waals surface area contributed by atoms with Crippen LogP contribution in [0.25, 0.3) is 0 Å². The molecule has 0 bridgehead atoms. The van der Waals surface area contributed by atoms with Gasteiger partial charge in [-0.3, -0.25) is 4.90 Å². The van der Waals surface area contributed by atoms with Gasteiger partial charge < -0.3 is 10.5 Å². The van der Waals surface area contributed by atoms with E-state index >= 15 is 0 Å². The zero-order chi connectivity index (χ0) is 13.9. The van der Waals surface area contributed by atoms with E-state index in [1.54, 1.807) is 0 Å². The maximum atomic E-state index is 6.24. The number of nitrogens with two attached hydrogens (primary N) is 1. The SMILES string of the molecule is CC1(C)CN(CCC(N)c2ccccc2Cl)CCO1. The maximum Gasteiger partial charge on any atom is 0.0753 e. The molecule has 0 spiro atoms. The zero-order valence-electron chi connectivity index (χ0n) is 11.7. The highest BCUT2D eigenvalue weighted by molar-refractivity contribution is 6.31. The minimum Gasteiger partial charge on any atom is -0.373 e. The van der Waals surface area contributed by atoms with Gasteiger partial charge >= 0.3 is 0 Å². The first-order chi connectivity index (χ1) is 8.98. The second kappa shape index (κ2) is 6.23. The first-order valence-corrected chi connectivity index (χ1v) is 7.22. The second-order valence-corrected chi connectivity index (χ2v) is 6.21. The van der Waals surface area contributed by atoms with Gasteiger partial charge in [-0.1, -0.05) is 29.8 Å². The molecule has 0 amide bonds. The van der Waals surface area contributed by atoms with Crippen LogP contribution in [0.1, 0.15) is 31.9 Å². The van der Waals surface area contributed by atoms with E-state index in [-0.39, 0.29) is 11.6 Å². The molecule has 1 aromatic carbocycles. The lowest BCUT2D eigenvalue weighted by molar-refractivity contribution is -0.0863. The molecule has 1 fully saturated rings. The normalized spacial score (nSPS) is 21.3. The first kappa shape index (κ1) is 14.8. The summed E-state index contributed by atoms with van der Waals surface area (Å²) >= 11 is 6.17. The van der Waals surface area contributed by atoms with Crippen LogP contribution in [-0.2, 0) is 4.74 Å². The van der Waals surface area contributed by atoms with Crippen LogP contribution in [0.5, 0.6) is 0 Å². The molecular formula is C15H23ClN2O. The van der Waals surface area contributed by atoms with Crippen molar-refractivity contribution in [2.45, 2.75) is 31.9 Å². The number of halogens is 1. The number of nitrogens with zero attached hydrogens (tertiary/aromatic N) is 1. The Morgan fingerprint density at radius 1 is 1.42 bits per heavy atom. The molecule has 1 heterocycles. The molecule has 1 aliphatic heterocycles. The quantitative estimate of drug-likeness (QED) is 0.923. The summed E-state index contributed by atoms with van der Waals surface area (Å²) in [6.45, 7) is 7.99. The van der Waals surface area contributed by atoms with Gasteiger partial charge in [-0.25, -0.2) is 0 Å². The number of ether oxygens (including phenoxy) is 1. The Bertz CT molecular complexity index is 422. The molecule has 0 saturated carbocycles. The van der Waals surface area contributed by atoms with Crippen LogP contribution in [0.15, 0.2) is 24.3 Å². The Hall–Kier alpha value is -0.610. The molecule has 1 atom stereocenters. The average Bonchev–Trinajstić information content (AvgIpc) is 2.35. The Balaban J connectivity index is 1.87. The fraction of sp³-hybridized carbons (Fsp3) is 0.600. The van der Waals surface area contributed by atoms with Crippen LogP contribution in [0.4, 0.5) is 0 Å². The van der Waals surface area contributed by atoms with Crippen LogP contribution in [0.2, 0.25) is 5.02 Å². The third kappa shape index (κ3) is 4.18. The standard InChI is InChI=1S/C15H23ClN2O/c1-15(2)11-18(9-10-19-15)8-7-14(17)12-5-3-4-6-13(12)16/h3-6,14H,7-11,17H2,1-2H3. The van der Waals surface area contributed by atoms with Gasteiger partial charge in [-0.15, -0.1) is 0 Å². The third-order valence-corrected chi connectivity index (χ3v) is 3.91. The van der Waals surface area contributed by atoms with Crippen LogP contribution < -0.4 is 5.73 Å². The van der Waals surface area contributed by atoms with Crippen molar-refractivity contribution >= 4 is 11.6 Å². The molecule has 19 heavy (non-hydrogen) atoms. The monoisotopic (exact) mass is 282 g/mol. The average molecular weight is 283 g/mol. The van der Waals surface area contributed by atoms with Crippen molar-refractivity contribution in [2.24, 2.45) is 5.73 Å². The van der Waals surface area contributed by atoms with E-state index in [0.29, 0.717) is 0 Å². The molecule has 3 nitrogen and oxygen atoms in total. The van der Waals surface area contributed by atoms with Crippen LogP contribution in [0, 0.1) is 0 Å². The van der Waals surface area contributed by atoms with Crippen molar-refractivity contribution < 1.29 is 4.74 Å². The topological polar surface area (TPSA) is 38.5 Å². The predicted molar refractivity (Wildman–Crippen MR) is 79.5 cm³/mol. The van der Waals surface area contributed by atoms with Gasteiger partial charge in [0.25, 0.3) is 0 Å². The molecule has 0 aromatic heterocycles. The van der Waals surface area contributed by atoms with Gasteiger partial charge in [-0.05, 0) is 31.9 Å². The Labute approximate surface area is 120 Å². The van der Waals surface area contributed by atoms with Crippen molar-refractivity contribution in [3.8, 4) is 0 Å². The molecule has 4 heteroatoms. The lowest BCUT2D eigenvalue weighted by Crippen LogP contribution is -2.48. The van der Waals surface area contributed by atoms with E-state index in [1.807, 2.05) is 24.3 Å². The van der Waals surface area contributed by atoms with E-state index in [0.717, 1.165) is 43.2 Å². The number of hydrogen-bond acceptors (Lipinski definition) is 3. The van der Waals surface area contributed by atoms with Gasteiger partial charge in [0.1, 0.15) is 0 Å². The molecule has 0 aliphatic carbocycles. The molecule has 1 saturated heterocycles. The van der Waals surface area contributed by atoms with E-state index in [1.165, 1.54) is 0 Å². The van der Waals surface area contributed by atoms with Gasteiger partial charge in [-0.2, -0.15) is 0 Å². The van der Waals surface area contributed by atoms with Crippen LogP contribution in [0.3, 0.4) is 0 Å². The van der Waals surface area contributed by atoms with E-state index in [4.69, 9.17) is 22.1 Å². The second-order valence-electron chi connectivity index (χ2n) is 5.80. The molecule has 0 radical (unpaired) electrons. The highest BCUT2D eigenvalue weighted by Crippen LogP contribution is 2.24. The molecule has 1 aliphatic rings. The fourth-order valence-corrected chi connectivity index (χ4v) is 2.83. The fourth-order valence-electron chi connectivity index (χ4n) is 2.56. The Morgan fingerprint density at radius 2 is 2.16 bits per heavy atom. The number of rotatable bonds is 4. The summed E-state index contributed by atoms with van der Waals surface area (Å²) in [4.78, 5) is 2.42. The first-order valence-electron chi connectivity index (χ1n) is 6.84. The lowest BCUT2D eigenvalue weighted by atomic mass is 10.0. The summed E-state index contributed by atoms with van der Waals surface area (Å²) < 4.78 is 5.71. The van der Waals surface area contributed by atoms with E-state index in [2.05, 4.69) is 18.7 Å². The lowest BCUT2D eigenvalue weighted by Gasteiger charge is -2.38. The number of morpholine rings is 1. The molecule has 2 rings (SSSR count).